The number of nitrogens with zero attached hydrogens (tertiary/aromatic N) is 6. The molecule has 9 heteroatoms. The van der Waals surface area contributed by atoms with E-state index in [-0.39, 0.29) is 22.8 Å². The Morgan fingerprint density at radius 3 is 2.28 bits per heavy atom. The number of piperazine rings is 1. The lowest BCUT2D eigenvalue weighted by molar-refractivity contribution is -0.383. The van der Waals surface area contributed by atoms with E-state index in [9.17, 15) is 10.1 Å². The van der Waals surface area contributed by atoms with Gasteiger partial charge in [0.1, 0.15) is 6.33 Å². The fraction of sp³-hybridized carbons (Fsp3) is 0.478. The summed E-state index contributed by atoms with van der Waals surface area (Å²) in [5.74, 6) is 0.793. The molecule has 4 rings (SSSR count). The molecule has 3 heterocycles. The van der Waals surface area contributed by atoms with Crippen molar-refractivity contribution in [2.75, 3.05) is 55.6 Å². The average Bonchev–Trinajstić information content (AvgIpc) is 2.79. The molecule has 2 fully saturated rings. The number of morpholine rings is 1. The van der Waals surface area contributed by atoms with Crippen LogP contribution in [0.3, 0.4) is 0 Å². The molecule has 0 spiro atoms. The molecule has 32 heavy (non-hydrogen) atoms. The number of aromatic nitrogens is 2. The monoisotopic (exact) mass is 438 g/mol. The van der Waals surface area contributed by atoms with Crippen molar-refractivity contribution in [1.82, 2.24) is 14.9 Å². The molecular weight excluding hydrogens is 408 g/mol. The summed E-state index contributed by atoms with van der Waals surface area (Å²) in [5, 5.41) is 12.1. The molecule has 2 atom stereocenters. The van der Waals surface area contributed by atoms with Gasteiger partial charge in [-0.3, -0.25) is 15.0 Å². The summed E-state index contributed by atoms with van der Waals surface area (Å²) < 4.78 is 5.78. The number of hydrogen-bond acceptors (Lipinski definition) is 8. The molecule has 9 nitrogen and oxygen atoms in total. The summed E-state index contributed by atoms with van der Waals surface area (Å²) in [6.07, 6.45) is 5.71. The van der Waals surface area contributed by atoms with Crippen LogP contribution in [-0.4, -0.2) is 77.8 Å². The molecule has 0 radical (unpaired) electrons. The van der Waals surface area contributed by atoms with Crippen LogP contribution in [0.4, 0.5) is 17.3 Å². The standard InChI is InChI=1S/C23H30N6O3/c1-18-15-28(16-19(2)32-18)23-21(29(30)31)22(24-17-25-23)27-13-11-26(12-14-27)10-6-9-20-7-4-3-5-8-20/h3-9,17-19H,10-16H2,1-2H3. The minimum Gasteiger partial charge on any atom is -0.372 e. The number of nitro groups is 1. The summed E-state index contributed by atoms with van der Waals surface area (Å²) in [6, 6.07) is 10.2. The van der Waals surface area contributed by atoms with E-state index in [1.165, 1.54) is 11.9 Å². The Kier molecular flexibility index (Phi) is 6.96. The van der Waals surface area contributed by atoms with Gasteiger partial charge in [0, 0.05) is 45.8 Å². The van der Waals surface area contributed by atoms with Crippen molar-refractivity contribution in [3.8, 4) is 0 Å². The van der Waals surface area contributed by atoms with Gasteiger partial charge in [-0.1, -0.05) is 42.5 Å². The molecule has 1 aromatic carbocycles. The van der Waals surface area contributed by atoms with Crippen LogP contribution in [-0.2, 0) is 4.74 Å². The third kappa shape index (κ3) is 5.23. The Morgan fingerprint density at radius 2 is 1.66 bits per heavy atom. The Balaban J connectivity index is 1.44. The third-order valence-corrected chi connectivity index (χ3v) is 5.83. The molecule has 0 amide bonds. The Hall–Kier alpha value is -3.04. The number of rotatable bonds is 6. The number of ether oxygens (including phenoxy) is 1. The predicted octanol–water partition coefficient (Wildman–Crippen LogP) is 2.83. The van der Waals surface area contributed by atoms with Crippen LogP contribution < -0.4 is 9.80 Å². The van der Waals surface area contributed by atoms with E-state index >= 15 is 0 Å². The maximum atomic E-state index is 12.1. The first kappa shape index (κ1) is 22.2. The minimum absolute atomic E-state index is 0.00813. The summed E-state index contributed by atoms with van der Waals surface area (Å²) in [4.78, 5) is 26.6. The van der Waals surface area contributed by atoms with Crippen molar-refractivity contribution in [2.45, 2.75) is 26.1 Å². The second kappa shape index (κ2) is 10.1. The predicted molar refractivity (Wildman–Crippen MR) is 125 cm³/mol. The van der Waals surface area contributed by atoms with Gasteiger partial charge < -0.3 is 14.5 Å². The van der Waals surface area contributed by atoms with Crippen LogP contribution >= 0.6 is 0 Å². The van der Waals surface area contributed by atoms with E-state index in [0.717, 1.165) is 19.6 Å². The Morgan fingerprint density at radius 1 is 1.03 bits per heavy atom. The quantitative estimate of drug-likeness (QED) is 0.503. The van der Waals surface area contributed by atoms with Crippen molar-refractivity contribution in [3.63, 3.8) is 0 Å². The van der Waals surface area contributed by atoms with Crippen molar-refractivity contribution in [2.24, 2.45) is 0 Å². The highest BCUT2D eigenvalue weighted by Gasteiger charge is 2.34. The summed E-state index contributed by atoms with van der Waals surface area (Å²) >= 11 is 0. The van der Waals surface area contributed by atoms with Crippen LogP contribution in [0.2, 0.25) is 0 Å². The topological polar surface area (TPSA) is 87.9 Å². The van der Waals surface area contributed by atoms with E-state index in [1.54, 1.807) is 0 Å². The highest BCUT2D eigenvalue weighted by atomic mass is 16.6. The average molecular weight is 439 g/mol. The van der Waals surface area contributed by atoms with Crippen molar-refractivity contribution in [3.05, 3.63) is 58.4 Å². The van der Waals surface area contributed by atoms with Gasteiger partial charge in [0.25, 0.3) is 0 Å². The highest BCUT2D eigenvalue weighted by molar-refractivity contribution is 5.71. The van der Waals surface area contributed by atoms with Crippen molar-refractivity contribution < 1.29 is 9.66 Å². The molecule has 0 saturated carbocycles. The second-order valence-corrected chi connectivity index (χ2v) is 8.39. The van der Waals surface area contributed by atoms with Gasteiger partial charge in [-0.2, -0.15) is 0 Å². The van der Waals surface area contributed by atoms with Gasteiger partial charge in [0.05, 0.1) is 17.1 Å². The summed E-state index contributed by atoms with van der Waals surface area (Å²) in [7, 11) is 0. The third-order valence-electron chi connectivity index (χ3n) is 5.83. The summed E-state index contributed by atoms with van der Waals surface area (Å²) in [6.45, 7) is 8.96. The van der Waals surface area contributed by atoms with Crippen LogP contribution in [0.1, 0.15) is 19.4 Å². The SMILES string of the molecule is CC1CN(c2ncnc(N3CCN(CC=Cc4ccccc4)CC3)c2[N+](=O)[O-])CC(C)O1. The van der Waals surface area contributed by atoms with Crippen LogP contribution in [0, 0.1) is 10.1 Å². The van der Waals surface area contributed by atoms with E-state index < -0.39 is 0 Å². The fourth-order valence-electron chi connectivity index (χ4n) is 4.38. The maximum Gasteiger partial charge on any atom is 0.353 e. The zero-order valence-corrected chi connectivity index (χ0v) is 18.6. The Bertz CT molecular complexity index is 936. The number of hydrogen-bond donors (Lipinski definition) is 0. The number of benzene rings is 1. The largest absolute Gasteiger partial charge is 0.372 e. The van der Waals surface area contributed by atoms with Crippen LogP contribution in [0.25, 0.3) is 6.08 Å². The van der Waals surface area contributed by atoms with Gasteiger partial charge in [0.2, 0.25) is 11.6 Å². The summed E-state index contributed by atoms with van der Waals surface area (Å²) in [5.41, 5.74) is 1.17. The molecule has 0 aliphatic carbocycles. The molecule has 2 saturated heterocycles. The van der Waals surface area contributed by atoms with E-state index in [2.05, 4.69) is 39.2 Å². The van der Waals surface area contributed by atoms with Gasteiger partial charge in [-0.05, 0) is 19.4 Å². The molecule has 2 unspecified atom stereocenters. The molecule has 2 aromatic rings. The molecule has 0 bridgehead atoms. The lowest BCUT2D eigenvalue weighted by Crippen LogP contribution is -2.47. The lowest BCUT2D eigenvalue weighted by Gasteiger charge is -2.37. The zero-order chi connectivity index (χ0) is 22.5. The van der Waals surface area contributed by atoms with Crippen LogP contribution in [0.15, 0.2) is 42.7 Å². The highest BCUT2D eigenvalue weighted by Crippen LogP contribution is 2.35. The van der Waals surface area contributed by atoms with Crippen molar-refractivity contribution >= 4 is 23.4 Å². The van der Waals surface area contributed by atoms with E-state index in [0.29, 0.717) is 37.8 Å². The second-order valence-electron chi connectivity index (χ2n) is 8.39. The molecular formula is C23H30N6O3. The first-order valence-electron chi connectivity index (χ1n) is 11.1. The fourth-order valence-corrected chi connectivity index (χ4v) is 4.38. The van der Waals surface area contributed by atoms with E-state index in [4.69, 9.17) is 4.74 Å². The molecule has 1 aromatic heterocycles. The van der Waals surface area contributed by atoms with Gasteiger partial charge >= 0.3 is 5.69 Å². The molecule has 0 N–H and O–H groups in total. The van der Waals surface area contributed by atoms with Gasteiger partial charge in [0.15, 0.2) is 0 Å². The number of anilines is 2. The smallest absolute Gasteiger partial charge is 0.353 e. The minimum atomic E-state index is -0.343. The lowest BCUT2D eigenvalue weighted by atomic mass is 10.2. The van der Waals surface area contributed by atoms with Crippen LogP contribution in [0.5, 0.6) is 0 Å². The Labute approximate surface area is 188 Å². The van der Waals surface area contributed by atoms with Crippen molar-refractivity contribution in [1.29, 1.82) is 0 Å². The van der Waals surface area contributed by atoms with Gasteiger partial charge in [-0.25, -0.2) is 9.97 Å². The van der Waals surface area contributed by atoms with Gasteiger partial charge in [-0.15, -0.1) is 0 Å². The van der Waals surface area contributed by atoms with E-state index in [1.807, 2.05) is 41.8 Å². The zero-order valence-electron chi connectivity index (χ0n) is 18.6. The first-order valence-corrected chi connectivity index (χ1v) is 11.1. The molecule has 170 valence electrons. The normalized spacial score (nSPS) is 22.4. The molecule has 2 aliphatic heterocycles. The first-order chi connectivity index (χ1) is 15.5. The maximum absolute atomic E-state index is 12.1. The molecule has 2 aliphatic rings.